The maximum absolute atomic E-state index is 4.00. The predicted octanol–water partition coefficient (Wildman–Crippen LogP) is 12.3. The number of thiophene rings is 4. The van der Waals surface area contributed by atoms with Gasteiger partial charge in [-0.15, -0.1) is 45.3 Å². The molecule has 6 rings (SSSR count). The summed E-state index contributed by atoms with van der Waals surface area (Å²) < 4.78 is 10.6. The Bertz CT molecular complexity index is 1720. The van der Waals surface area contributed by atoms with E-state index < -0.39 is 0 Å². The lowest BCUT2D eigenvalue weighted by Gasteiger charge is -1.98. The fourth-order valence-electron chi connectivity index (χ4n) is 3.97. The lowest BCUT2D eigenvalue weighted by Crippen LogP contribution is -1.77. The standard InChI is InChI=1S/C25H14Br2I2S4/c1-3-11-5-7-13-15(9-11)31-25(19(13)29)23-17(27)21-20(33-23)16(26)22(32-21)24-18(28)12-6-4-10(2)8-14(12)30-24/h4-9H,3H2,1-2H3. The summed E-state index contributed by atoms with van der Waals surface area (Å²) in [5.41, 5.74) is 2.72. The second-order valence-electron chi connectivity index (χ2n) is 7.82. The highest BCUT2D eigenvalue weighted by Gasteiger charge is 2.25. The highest BCUT2D eigenvalue weighted by atomic mass is 127. The summed E-state index contributed by atoms with van der Waals surface area (Å²) in [6.07, 6.45) is 1.07. The first-order valence-electron chi connectivity index (χ1n) is 10.2. The van der Waals surface area contributed by atoms with E-state index in [0.29, 0.717) is 0 Å². The molecule has 166 valence electrons. The van der Waals surface area contributed by atoms with Crippen molar-refractivity contribution in [2.75, 3.05) is 0 Å². The molecule has 0 atom stereocenters. The summed E-state index contributed by atoms with van der Waals surface area (Å²) in [4.78, 5) is 5.42. The molecule has 33 heavy (non-hydrogen) atoms. The minimum atomic E-state index is 1.07. The summed E-state index contributed by atoms with van der Waals surface area (Å²) in [5, 5.41) is 2.72. The molecular formula is C25H14Br2I2S4. The van der Waals surface area contributed by atoms with Crippen LogP contribution in [0, 0.1) is 14.1 Å². The van der Waals surface area contributed by atoms with Crippen LogP contribution in [-0.4, -0.2) is 0 Å². The van der Waals surface area contributed by atoms with Gasteiger partial charge in [0.25, 0.3) is 0 Å². The molecule has 4 heterocycles. The zero-order valence-electron chi connectivity index (χ0n) is 17.3. The Hall–Kier alpha value is 0.440. The second-order valence-corrected chi connectivity index (χ2v) is 15.7. The van der Waals surface area contributed by atoms with E-state index in [0.717, 1.165) is 6.42 Å². The van der Waals surface area contributed by atoms with Gasteiger partial charge in [-0.25, -0.2) is 0 Å². The third-order valence-electron chi connectivity index (χ3n) is 5.71. The van der Waals surface area contributed by atoms with Crippen LogP contribution < -0.4 is 0 Å². The molecule has 2 aromatic carbocycles. The van der Waals surface area contributed by atoms with Gasteiger partial charge in [-0.2, -0.15) is 0 Å². The molecule has 0 unspecified atom stereocenters. The van der Waals surface area contributed by atoms with Crippen LogP contribution in [0.1, 0.15) is 18.1 Å². The molecule has 0 spiro atoms. The van der Waals surface area contributed by atoms with Gasteiger partial charge in [0.05, 0.1) is 37.9 Å². The molecule has 0 bridgehead atoms. The topological polar surface area (TPSA) is 0 Å². The number of hydrogen-bond donors (Lipinski definition) is 0. The summed E-state index contributed by atoms with van der Waals surface area (Å²) in [6, 6.07) is 13.7. The molecule has 0 aliphatic heterocycles. The quantitative estimate of drug-likeness (QED) is 0.156. The lowest BCUT2D eigenvalue weighted by atomic mass is 10.1. The van der Waals surface area contributed by atoms with Gasteiger partial charge in [0.1, 0.15) is 0 Å². The predicted molar refractivity (Wildman–Crippen MR) is 176 cm³/mol. The number of hydrogen-bond acceptors (Lipinski definition) is 4. The van der Waals surface area contributed by atoms with Gasteiger partial charge in [-0.05, 0) is 114 Å². The van der Waals surface area contributed by atoms with E-state index >= 15 is 0 Å². The molecule has 0 N–H and O–H groups in total. The number of aryl methyl sites for hydroxylation is 2. The van der Waals surface area contributed by atoms with Crippen molar-refractivity contribution in [3.8, 4) is 19.5 Å². The Morgan fingerprint density at radius 1 is 0.697 bits per heavy atom. The maximum Gasteiger partial charge on any atom is 0.0618 e. The van der Waals surface area contributed by atoms with E-state index in [2.05, 4.69) is 127 Å². The molecule has 0 saturated carbocycles. The van der Waals surface area contributed by atoms with Crippen molar-refractivity contribution >= 4 is 152 Å². The Labute approximate surface area is 252 Å². The first kappa shape index (κ1) is 23.8. The highest BCUT2D eigenvalue weighted by molar-refractivity contribution is 14.1. The first-order chi connectivity index (χ1) is 15.9. The molecule has 8 heteroatoms. The zero-order chi connectivity index (χ0) is 23.0. The van der Waals surface area contributed by atoms with Gasteiger partial charge in [0.2, 0.25) is 0 Å². The van der Waals surface area contributed by atoms with Gasteiger partial charge in [-0.3, -0.25) is 0 Å². The molecule has 0 nitrogen and oxygen atoms in total. The number of fused-ring (bicyclic) bond motifs is 3. The SMILES string of the molecule is CCc1ccc2c(I)c(-c3sc4c(Br)c(-c5sc6cc(C)ccc6c5I)sc4c3Br)sc2c1. The summed E-state index contributed by atoms with van der Waals surface area (Å²) >= 11 is 20.6. The summed E-state index contributed by atoms with van der Waals surface area (Å²) in [7, 11) is 0. The zero-order valence-corrected chi connectivity index (χ0v) is 28.1. The van der Waals surface area contributed by atoms with E-state index in [1.807, 2.05) is 45.3 Å². The van der Waals surface area contributed by atoms with Crippen LogP contribution in [0.15, 0.2) is 45.3 Å². The number of rotatable bonds is 3. The molecule has 0 saturated heterocycles. The minimum absolute atomic E-state index is 1.07. The molecule has 6 aromatic rings. The van der Waals surface area contributed by atoms with Crippen LogP contribution in [0.2, 0.25) is 0 Å². The Balaban J connectivity index is 1.52. The van der Waals surface area contributed by atoms with E-state index in [9.17, 15) is 0 Å². The van der Waals surface area contributed by atoms with E-state index in [-0.39, 0.29) is 0 Å². The van der Waals surface area contributed by atoms with Gasteiger partial charge < -0.3 is 0 Å². The van der Waals surface area contributed by atoms with Crippen molar-refractivity contribution in [3.05, 3.63) is 63.6 Å². The summed E-state index contributed by atoms with van der Waals surface area (Å²) in [6.45, 7) is 4.39. The van der Waals surface area contributed by atoms with Crippen LogP contribution in [0.5, 0.6) is 0 Å². The van der Waals surface area contributed by atoms with Gasteiger partial charge in [-0.1, -0.05) is 31.2 Å². The van der Waals surface area contributed by atoms with Crippen LogP contribution in [0.25, 0.3) is 49.1 Å². The van der Waals surface area contributed by atoms with Crippen LogP contribution in [-0.2, 0) is 6.42 Å². The maximum atomic E-state index is 4.00. The molecule has 4 aromatic heterocycles. The average molecular weight is 856 g/mol. The van der Waals surface area contributed by atoms with Crippen LogP contribution >= 0.6 is 122 Å². The second kappa shape index (κ2) is 9.08. The van der Waals surface area contributed by atoms with Crippen molar-refractivity contribution in [1.29, 1.82) is 0 Å². The highest BCUT2D eigenvalue weighted by Crippen LogP contribution is 2.56. The Kier molecular flexibility index (Phi) is 6.55. The Morgan fingerprint density at radius 2 is 1.21 bits per heavy atom. The fraction of sp³-hybridized carbons (Fsp3) is 0.120. The fourth-order valence-corrected chi connectivity index (χ4v) is 14.2. The molecule has 0 aliphatic rings. The summed E-state index contributed by atoms with van der Waals surface area (Å²) in [5.74, 6) is 0. The van der Waals surface area contributed by atoms with E-state index in [1.54, 1.807) is 0 Å². The smallest absolute Gasteiger partial charge is 0.0618 e. The van der Waals surface area contributed by atoms with Gasteiger partial charge in [0.15, 0.2) is 0 Å². The third-order valence-corrected chi connectivity index (χ3v) is 16.5. The normalized spacial score (nSPS) is 12.1. The monoisotopic (exact) mass is 854 g/mol. The molecule has 0 aliphatic carbocycles. The lowest BCUT2D eigenvalue weighted by molar-refractivity contribution is 1.15. The molecule has 0 radical (unpaired) electrons. The third kappa shape index (κ3) is 3.84. The molecule has 0 fully saturated rings. The van der Waals surface area contributed by atoms with Crippen LogP contribution in [0.3, 0.4) is 0 Å². The van der Waals surface area contributed by atoms with Crippen molar-refractivity contribution in [2.45, 2.75) is 20.3 Å². The van der Waals surface area contributed by atoms with Gasteiger partial charge in [0, 0.05) is 27.3 Å². The van der Waals surface area contributed by atoms with E-state index in [4.69, 9.17) is 0 Å². The first-order valence-corrected chi connectivity index (χ1v) is 17.2. The Morgan fingerprint density at radius 3 is 1.76 bits per heavy atom. The van der Waals surface area contributed by atoms with Crippen LogP contribution in [0.4, 0.5) is 0 Å². The van der Waals surface area contributed by atoms with Crippen molar-refractivity contribution in [2.24, 2.45) is 0 Å². The molecule has 0 amide bonds. The van der Waals surface area contributed by atoms with Crippen molar-refractivity contribution in [3.63, 3.8) is 0 Å². The largest absolute Gasteiger partial charge is 0.133 e. The number of halogens is 4. The molecular weight excluding hydrogens is 842 g/mol. The van der Waals surface area contributed by atoms with Crippen molar-refractivity contribution in [1.82, 2.24) is 0 Å². The van der Waals surface area contributed by atoms with Crippen molar-refractivity contribution < 1.29 is 0 Å². The minimum Gasteiger partial charge on any atom is -0.133 e. The average Bonchev–Trinajstić information content (AvgIpc) is 3.50. The van der Waals surface area contributed by atoms with E-state index in [1.165, 1.54) is 76.3 Å². The number of benzene rings is 2. The van der Waals surface area contributed by atoms with Gasteiger partial charge >= 0.3 is 0 Å².